The molecule has 0 aromatic heterocycles. The maximum Gasteiger partial charge on any atom is 0.242 e. The molecule has 46 heavy (non-hydrogen) atoms. The van der Waals surface area contributed by atoms with Gasteiger partial charge in [0.2, 0.25) is 6.43 Å². The zero-order chi connectivity index (χ0) is 34.3. The molecule has 0 amide bonds. The van der Waals surface area contributed by atoms with Gasteiger partial charge < -0.3 is 10.5 Å². The first-order valence-electron chi connectivity index (χ1n) is 15.7. The molecule has 0 spiro atoms. The van der Waals surface area contributed by atoms with E-state index in [-0.39, 0.29) is 22.5 Å². The van der Waals surface area contributed by atoms with Crippen LogP contribution in [0.3, 0.4) is 0 Å². The molecule has 0 radical (unpaired) electrons. The van der Waals surface area contributed by atoms with E-state index in [0.29, 0.717) is 34.6 Å². The van der Waals surface area contributed by atoms with Crippen LogP contribution in [0.1, 0.15) is 95.8 Å². The molecule has 1 aromatic rings. The Morgan fingerprint density at radius 1 is 1.20 bits per heavy atom. The number of halogens is 2. The number of nitrogens with zero attached hydrogens (tertiary/aromatic N) is 1. The third kappa shape index (κ3) is 11.3. The standard InChI is InChI=1S/C36H50F2N4O3S/c1-7-12-19-41-46(43,44)30(11-5)16-13-20-45-32-22-29(26(10-4)14-8-2)21-28-17-18-34(39)42-35(40)24-31(36(28)32)25(6)27(15-9-3)23-33(37)38/h9,11,13,15-18,20-22,24,26,33,41,43-44H,5,7-8,10,12,14,19,23H2,1-4,6H3,(H3,39,40,42)/b15-9-,18-17+,20-13+,27-25-,30-16+,31-24+. The molecule has 0 bridgehead atoms. The second kappa shape index (κ2) is 19.2. The van der Waals surface area contributed by atoms with E-state index in [2.05, 4.69) is 36.2 Å². The summed E-state index contributed by atoms with van der Waals surface area (Å²) < 4.78 is 57.8. The number of benzene rings is 1. The van der Waals surface area contributed by atoms with Crippen LogP contribution in [0.15, 0.2) is 88.5 Å². The Labute approximate surface area is 275 Å². The van der Waals surface area contributed by atoms with E-state index in [4.69, 9.17) is 15.9 Å². The Balaban J connectivity index is 2.86. The molecule has 1 aliphatic heterocycles. The number of rotatable bonds is 17. The molecule has 252 valence electrons. The van der Waals surface area contributed by atoms with Crippen LogP contribution in [0.4, 0.5) is 8.78 Å². The fourth-order valence-corrected chi connectivity index (χ4v) is 6.24. The summed E-state index contributed by atoms with van der Waals surface area (Å²) in [7, 11) is -3.25. The summed E-state index contributed by atoms with van der Waals surface area (Å²) in [6.07, 6.45) is 15.7. The van der Waals surface area contributed by atoms with Crippen LogP contribution >= 0.6 is 10.8 Å². The minimum atomic E-state index is -3.25. The number of amidine groups is 2. The van der Waals surface area contributed by atoms with Crippen LogP contribution in [0.2, 0.25) is 0 Å². The summed E-state index contributed by atoms with van der Waals surface area (Å²) in [5.74, 6) is 0.689. The van der Waals surface area contributed by atoms with Crippen molar-refractivity contribution in [2.75, 3.05) is 6.54 Å². The summed E-state index contributed by atoms with van der Waals surface area (Å²) >= 11 is 0. The van der Waals surface area contributed by atoms with Crippen LogP contribution in [0, 0.1) is 5.41 Å². The van der Waals surface area contributed by atoms with Gasteiger partial charge in [0.15, 0.2) is 0 Å². The van der Waals surface area contributed by atoms with Crippen molar-refractivity contribution in [3.8, 4) is 5.75 Å². The van der Waals surface area contributed by atoms with Crippen molar-refractivity contribution in [2.24, 2.45) is 10.7 Å². The SMILES string of the molecule is C=C/C(=C\C=C\Oc1cc(C(CC)CCC)cc2c1C(/C(C)=C(/C=C\C)CC(F)F)=C/C(N)=NC(=N)/C=C/2)S(O)(O)NCCCC. The second-order valence-electron chi connectivity index (χ2n) is 11.0. The topological polar surface area (TPSA) is 124 Å². The lowest BCUT2D eigenvalue weighted by atomic mass is 9.84. The highest BCUT2D eigenvalue weighted by Gasteiger charge is 2.22. The lowest BCUT2D eigenvalue weighted by Crippen LogP contribution is -2.21. The molecule has 1 unspecified atom stereocenters. The lowest BCUT2D eigenvalue weighted by molar-refractivity contribution is 0.150. The Morgan fingerprint density at radius 3 is 2.54 bits per heavy atom. The van der Waals surface area contributed by atoms with Gasteiger partial charge in [-0.25, -0.2) is 18.5 Å². The number of hydrogen-bond donors (Lipinski definition) is 5. The van der Waals surface area contributed by atoms with Gasteiger partial charge in [0.25, 0.3) is 0 Å². The van der Waals surface area contributed by atoms with Crippen molar-refractivity contribution in [3.05, 3.63) is 100 Å². The summed E-state index contributed by atoms with van der Waals surface area (Å²) in [6, 6.07) is 4.01. The first kappa shape index (κ1) is 38.6. The number of ether oxygens (including phenoxy) is 1. The van der Waals surface area contributed by atoms with Crippen LogP contribution in [-0.2, 0) is 0 Å². The maximum atomic E-state index is 13.7. The fraction of sp³-hybridized carbons (Fsp3) is 0.389. The van der Waals surface area contributed by atoms with Crippen molar-refractivity contribution < 1.29 is 22.6 Å². The predicted octanol–water partition coefficient (Wildman–Crippen LogP) is 10.3. The first-order valence-corrected chi connectivity index (χ1v) is 17.3. The summed E-state index contributed by atoms with van der Waals surface area (Å²) in [5, 5.41) is 8.30. The minimum absolute atomic E-state index is 0.0502. The highest BCUT2D eigenvalue weighted by atomic mass is 32.3. The molecule has 0 fully saturated rings. The molecule has 10 heteroatoms. The lowest BCUT2D eigenvalue weighted by Gasteiger charge is -2.33. The normalized spacial score (nSPS) is 17.9. The Kier molecular flexibility index (Phi) is 16.1. The quantitative estimate of drug-likeness (QED) is 0.0648. The molecule has 1 heterocycles. The van der Waals surface area contributed by atoms with Gasteiger partial charge in [-0.05, 0) is 103 Å². The fourth-order valence-electron chi connectivity index (χ4n) is 5.14. The number of hydrogen-bond acceptors (Lipinski definition) is 6. The van der Waals surface area contributed by atoms with E-state index >= 15 is 0 Å². The van der Waals surface area contributed by atoms with Gasteiger partial charge in [-0.3, -0.25) is 14.5 Å². The van der Waals surface area contributed by atoms with E-state index in [9.17, 15) is 17.9 Å². The Bertz CT molecular complexity index is 1440. The van der Waals surface area contributed by atoms with Crippen molar-refractivity contribution in [1.29, 1.82) is 5.41 Å². The highest BCUT2D eigenvalue weighted by Crippen LogP contribution is 2.44. The summed E-state index contributed by atoms with van der Waals surface area (Å²) in [4.78, 5) is 4.38. The molecule has 7 nitrogen and oxygen atoms in total. The third-order valence-electron chi connectivity index (χ3n) is 7.51. The highest BCUT2D eigenvalue weighted by molar-refractivity contribution is 8.26. The number of aliphatic imine (C=N–C) groups is 1. The van der Waals surface area contributed by atoms with Gasteiger partial charge >= 0.3 is 0 Å². The van der Waals surface area contributed by atoms with Crippen LogP contribution in [0.5, 0.6) is 5.75 Å². The molecule has 2 rings (SSSR count). The second-order valence-corrected chi connectivity index (χ2v) is 12.8. The average Bonchev–Trinajstić information content (AvgIpc) is 3.06. The summed E-state index contributed by atoms with van der Waals surface area (Å²) in [6.45, 7) is 14.0. The van der Waals surface area contributed by atoms with Gasteiger partial charge in [0, 0.05) is 18.5 Å². The zero-order valence-electron chi connectivity index (χ0n) is 27.7. The number of nitrogens with two attached hydrogens (primary N) is 1. The molecule has 0 saturated heterocycles. The van der Waals surface area contributed by atoms with Gasteiger partial charge in [-0.1, -0.05) is 64.5 Å². The summed E-state index contributed by atoms with van der Waals surface area (Å²) in [5.41, 5.74) is 10.2. The number of allylic oxidation sites excluding steroid dienone is 8. The van der Waals surface area contributed by atoms with Crippen molar-refractivity contribution in [3.63, 3.8) is 0 Å². The molecule has 0 saturated carbocycles. The Hall–Kier alpha value is -3.57. The van der Waals surface area contributed by atoms with Gasteiger partial charge in [0.05, 0.1) is 11.2 Å². The van der Waals surface area contributed by atoms with Crippen molar-refractivity contribution >= 4 is 34.1 Å². The van der Waals surface area contributed by atoms with E-state index in [0.717, 1.165) is 43.2 Å². The van der Waals surface area contributed by atoms with E-state index < -0.39 is 23.6 Å². The molecule has 1 aliphatic rings. The molecule has 6 N–H and O–H groups in total. The van der Waals surface area contributed by atoms with Crippen LogP contribution in [-0.4, -0.2) is 33.7 Å². The monoisotopic (exact) mass is 656 g/mol. The van der Waals surface area contributed by atoms with E-state index in [1.165, 1.54) is 18.4 Å². The van der Waals surface area contributed by atoms with Gasteiger partial charge in [-0.2, -0.15) is 0 Å². The van der Waals surface area contributed by atoms with Gasteiger partial charge in [0.1, 0.15) is 17.4 Å². The number of fused-ring (bicyclic) bond motifs is 1. The van der Waals surface area contributed by atoms with Crippen LogP contribution < -0.4 is 15.2 Å². The molecule has 0 aliphatic carbocycles. The van der Waals surface area contributed by atoms with Crippen LogP contribution in [0.25, 0.3) is 11.6 Å². The van der Waals surface area contributed by atoms with Crippen molar-refractivity contribution in [1.82, 2.24) is 4.72 Å². The Morgan fingerprint density at radius 2 is 1.93 bits per heavy atom. The number of nitrogens with one attached hydrogen (secondary N) is 2. The number of alkyl halides is 2. The molecular weight excluding hydrogens is 606 g/mol. The largest absolute Gasteiger partial charge is 0.464 e. The number of unbranched alkanes of at least 4 members (excludes halogenated alkanes) is 1. The maximum absolute atomic E-state index is 13.7. The third-order valence-corrected chi connectivity index (χ3v) is 9.08. The minimum Gasteiger partial charge on any atom is -0.464 e. The molecule has 1 aromatic carbocycles. The predicted molar refractivity (Wildman–Crippen MR) is 193 cm³/mol. The van der Waals surface area contributed by atoms with Gasteiger partial charge in [-0.15, -0.1) is 10.8 Å². The van der Waals surface area contributed by atoms with Crippen molar-refractivity contribution in [2.45, 2.75) is 85.5 Å². The molecule has 1 atom stereocenters. The molecular formula is C36H50F2N4O3S. The smallest absolute Gasteiger partial charge is 0.242 e. The van der Waals surface area contributed by atoms with E-state index in [1.807, 2.05) is 13.0 Å². The van der Waals surface area contributed by atoms with E-state index in [1.54, 1.807) is 50.3 Å². The zero-order valence-corrected chi connectivity index (χ0v) is 28.5. The first-order chi connectivity index (χ1) is 21.9. The average molecular weight is 657 g/mol.